The lowest BCUT2D eigenvalue weighted by molar-refractivity contribution is -0.119. The average Bonchev–Trinajstić information content (AvgIpc) is 2.78. The van der Waals surface area contributed by atoms with Gasteiger partial charge in [0.15, 0.2) is 6.61 Å². The van der Waals surface area contributed by atoms with Crippen LogP contribution >= 0.6 is 0 Å². The molecule has 1 aromatic carbocycles. The summed E-state index contributed by atoms with van der Waals surface area (Å²) in [6.07, 6.45) is 4.58. The van der Waals surface area contributed by atoms with E-state index >= 15 is 0 Å². The highest BCUT2D eigenvalue weighted by molar-refractivity contribution is 7.92. The van der Waals surface area contributed by atoms with Crippen LogP contribution in [0.5, 0.6) is 5.88 Å². The number of ether oxygens (including phenoxy) is 2. The summed E-state index contributed by atoms with van der Waals surface area (Å²) in [5.41, 5.74) is 0. The van der Waals surface area contributed by atoms with Gasteiger partial charge in [-0.25, -0.2) is 32.2 Å². The fourth-order valence-corrected chi connectivity index (χ4v) is 4.40. The number of nitrogens with one attached hydrogen (secondary N) is 1. The number of anilines is 1. The van der Waals surface area contributed by atoms with Crippen molar-refractivity contribution in [2.24, 2.45) is 5.92 Å². The summed E-state index contributed by atoms with van der Waals surface area (Å²) >= 11 is 0. The first kappa shape index (κ1) is 21.3. The Kier molecular flexibility index (Phi) is 5.96. The molecule has 3 heterocycles. The maximum Gasteiger partial charge on any atom is 0.284 e. The van der Waals surface area contributed by atoms with Crippen LogP contribution in [0.3, 0.4) is 0 Å². The fraction of sp³-hybridized carbons (Fsp3) is 0.350. The molecule has 11 heteroatoms. The molecule has 164 valence electrons. The monoisotopic (exact) mass is 450 g/mol. The minimum Gasteiger partial charge on any atom is -0.471 e. The summed E-state index contributed by atoms with van der Waals surface area (Å²) < 4.78 is 67.2. The quantitative estimate of drug-likeness (QED) is 0.589. The van der Waals surface area contributed by atoms with Gasteiger partial charge in [-0.1, -0.05) is 0 Å². The number of nitrogens with zero attached hydrogens (tertiary/aromatic N) is 3. The minimum atomic E-state index is -3.90. The van der Waals surface area contributed by atoms with Gasteiger partial charge >= 0.3 is 0 Å². The lowest BCUT2D eigenvalue weighted by atomic mass is 9.93. The molecule has 4 rings (SSSR count). The molecule has 1 aliphatic rings. The van der Waals surface area contributed by atoms with E-state index in [0.717, 1.165) is 0 Å². The van der Waals surface area contributed by atoms with E-state index in [1.807, 2.05) is 0 Å². The minimum absolute atomic E-state index is 0.0108. The van der Waals surface area contributed by atoms with Gasteiger partial charge in [0.1, 0.15) is 12.1 Å². The summed E-state index contributed by atoms with van der Waals surface area (Å²) in [6.45, 7) is -0.181. The Labute approximate surface area is 177 Å². The van der Waals surface area contributed by atoms with E-state index in [1.54, 1.807) is 6.07 Å². The predicted molar refractivity (Wildman–Crippen MR) is 109 cm³/mol. The molecule has 0 aliphatic carbocycles. The average molecular weight is 450 g/mol. The van der Waals surface area contributed by atoms with E-state index in [2.05, 4.69) is 19.7 Å². The molecule has 0 unspecified atom stereocenters. The molecule has 1 fully saturated rings. The van der Waals surface area contributed by atoms with Gasteiger partial charge in [-0.3, -0.25) is 4.72 Å². The van der Waals surface area contributed by atoms with Gasteiger partial charge in [0.2, 0.25) is 5.88 Å². The topological polar surface area (TPSA) is 103 Å². The Hall–Kier alpha value is -2.92. The van der Waals surface area contributed by atoms with E-state index in [0.29, 0.717) is 24.0 Å². The summed E-state index contributed by atoms with van der Waals surface area (Å²) in [5.74, 6) is -3.67. The van der Waals surface area contributed by atoms with Crippen molar-refractivity contribution >= 4 is 26.6 Å². The second kappa shape index (κ2) is 8.67. The molecule has 0 bridgehead atoms. The number of alkyl halides is 2. The van der Waals surface area contributed by atoms with Gasteiger partial charge in [-0.05, 0) is 48.6 Å². The van der Waals surface area contributed by atoms with Gasteiger partial charge in [-0.15, -0.1) is 0 Å². The summed E-state index contributed by atoms with van der Waals surface area (Å²) in [6, 6.07) is 7.27. The number of fused-ring (bicyclic) bond motifs is 1. The number of hydrogen-bond donors (Lipinski definition) is 1. The van der Waals surface area contributed by atoms with Crippen molar-refractivity contribution in [3.8, 4) is 5.88 Å². The zero-order valence-corrected chi connectivity index (χ0v) is 17.2. The van der Waals surface area contributed by atoms with Gasteiger partial charge in [0.05, 0.1) is 4.90 Å². The molecular formula is C20H20F2N4O4S. The molecule has 0 amide bonds. The van der Waals surface area contributed by atoms with E-state index in [-0.39, 0.29) is 29.4 Å². The van der Waals surface area contributed by atoms with Crippen LogP contribution in [0.25, 0.3) is 10.8 Å². The van der Waals surface area contributed by atoms with E-state index < -0.39 is 28.5 Å². The standard InChI is InChI=1S/C20H20F2N4O4S/c21-20(22,15-5-9-29-10-6-15)12-30-19-17-2-1-16(11-14(17)3-8-24-19)31(27,28)26-18-4-7-23-13-25-18/h1-4,7-8,11,13,15H,5-6,9-10,12H2,(H,23,25,26). The number of aromatic nitrogens is 3. The molecule has 1 saturated heterocycles. The van der Waals surface area contributed by atoms with Crippen LogP contribution in [-0.2, 0) is 14.8 Å². The van der Waals surface area contributed by atoms with Crippen molar-refractivity contribution in [2.45, 2.75) is 23.7 Å². The zero-order chi connectivity index (χ0) is 21.9. The third-order valence-electron chi connectivity index (χ3n) is 5.05. The first-order valence-corrected chi connectivity index (χ1v) is 11.1. The maximum absolute atomic E-state index is 14.5. The molecule has 2 aromatic heterocycles. The molecule has 8 nitrogen and oxygen atoms in total. The number of hydrogen-bond acceptors (Lipinski definition) is 7. The molecule has 0 atom stereocenters. The van der Waals surface area contributed by atoms with Crippen LogP contribution in [0.1, 0.15) is 12.8 Å². The van der Waals surface area contributed by atoms with Crippen molar-refractivity contribution in [3.05, 3.63) is 49.1 Å². The third-order valence-corrected chi connectivity index (χ3v) is 6.40. The molecule has 31 heavy (non-hydrogen) atoms. The summed E-state index contributed by atoms with van der Waals surface area (Å²) in [7, 11) is -3.90. The molecule has 1 N–H and O–H groups in total. The van der Waals surface area contributed by atoms with Gasteiger partial charge < -0.3 is 9.47 Å². The SMILES string of the molecule is O=S(=O)(Nc1ccncn1)c1ccc2c(OCC(F)(F)C3CCOCC3)nccc2c1. The highest BCUT2D eigenvalue weighted by Crippen LogP contribution is 2.34. The zero-order valence-electron chi connectivity index (χ0n) is 16.4. The van der Waals surface area contributed by atoms with Crippen molar-refractivity contribution < 1.29 is 26.7 Å². The summed E-state index contributed by atoms with van der Waals surface area (Å²) in [5, 5.41) is 0.927. The second-order valence-corrected chi connectivity index (χ2v) is 8.82. The first-order chi connectivity index (χ1) is 14.9. The van der Waals surface area contributed by atoms with Crippen LogP contribution in [0.2, 0.25) is 0 Å². The van der Waals surface area contributed by atoms with Crippen molar-refractivity contribution in [2.75, 3.05) is 24.5 Å². The van der Waals surface area contributed by atoms with Crippen LogP contribution in [0.4, 0.5) is 14.6 Å². The van der Waals surface area contributed by atoms with E-state index in [1.165, 1.54) is 43.0 Å². The van der Waals surface area contributed by atoms with Crippen LogP contribution in [0.15, 0.2) is 53.9 Å². The van der Waals surface area contributed by atoms with Gasteiger partial charge in [0, 0.05) is 36.9 Å². The Balaban J connectivity index is 1.54. The normalized spacial score (nSPS) is 15.7. The predicted octanol–water partition coefficient (Wildman–Crippen LogP) is 3.27. The van der Waals surface area contributed by atoms with Gasteiger partial charge in [0.25, 0.3) is 15.9 Å². The maximum atomic E-state index is 14.5. The second-order valence-electron chi connectivity index (χ2n) is 7.14. The summed E-state index contributed by atoms with van der Waals surface area (Å²) in [4.78, 5) is 11.6. The molecule has 0 saturated carbocycles. The highest BCUT2D eigenvalue weighted by atomic mass is 32.2. The largest absolute Gasteiger partial charge is 0.471 e. The lowest BCUT2D eigenvalue weighted by Gasteiger charge is -2.29. The van der Waals surface area contributed by atoms with Crippen LogP contribution < -0.4 is 9.46 Å². The Morgan fingerprint density at radius 3 is 2.68 bits per heavy atom. The number of halogens is 2. The molecule has 1 aliphatic heterocycles. The van der Waals surface area contributed by atoms with Crippen LogP contribution in [0, 0.1) is 5.92 Å². The molecule has 0 radical (unpaired) electrons. The number of pyridine rings is 1. The smallest absolute Gasteiger partial charge is 0.284 e. The lowest BCUT2D eigenvalue weighted by Crippen LogP contribution is -2.38. The first-order valence-electron chi connectivity index (χ1n) is 9.61. The van der Waals surface area contributed by atoms with Crippen molar-refractivity contribution in [1.29, 1.82) is 0 Å². The van der Waals surface area contributed by atoms with E-state index in [9.17, 15) is 17.2 Å². The van der Waals surface area contributed by atoms with Crippen molar-refractivity contribution in [3.63, 3.8) is 0 Å². The van der Waals surface area contributed by atoms with E-state index in [4.69, 9.17) is 9.47 Å². The Morgan fingerprint density at radius 1 is 1.13 bits per heavy atom. The third kappa shape index (κ3) is 4.88. The fourth-order valence-electron chi connectivity index (χ4n) is 3.36. The van der Waals surface area contributed by atoms with Crippen molar-refractivity contribution in [1.82, 2.24) is 15.0 Å². The van der Waals surface area contributed by atoms with Gasteiger partial charge in [-0.2, -0.15) is 0 Å². The Morgan fingerprint density at radius 2 is 1.94 bits per heavy atom. The number of rotatable bonds is 7. The van der Waals surface area contributed by atoms with Crippen LogP contribution in [-0.4, -0.2) is 49.1 Å². The number of sulfonamides is 1. The Bertz CT molecular complexity index is 1160. The number of benzene rings is 1. The molecule has 3 aromatic rings. The molecule has 0 spiro atoms. The highest BCUT2D eigenvalue weighted by Gasteiger charge is 2.41. The molecular weight excluding hydrogens is 430 g/mol.